The fourth-order valence-corrected chi connectivity index (χ4v) is 2.35. The van der Waals surface area contributed by atoms with Crippen molar-refractivity contribution in [1.82, 2.24) is 14.8 Å². The predicted molar refractivity (Wildman–Crippen MR) is 81.9 cm³/mol. The maximum absolute atomic E-state index is 5.45. The number of aryl methyl sites for hydroxylation is 1. The molecule has 3 rings (SSSR count). The van der Waals surface area contributed by atoms with Crippen molar-refractivity contribution in [2.24, 2.45) is 0 Å². The summed E-state index contributed by atoms with van der Waals surface area (Å²) < 4.78 is 7.44. The molecule has 0 saturated carbocycles. The van der Waals surface area contributed by atoms with Gasteiger partial charge in [-0.1, -0.05) is 36.4 Å². The third-order valence-electron chi connectivity index (χ3n) is 3.42. The number of hydrogen-bond acceptors (Lipinski definition) is 3. The Bertz CT molecular complexity index is 735. The molecule has 21 heavy (non-hydrogen) atoms. The summed E-state index contributed by atoms with van der Waals surface area (Å²) in [4.78, 5) is 0. The number of ether oxygens (including phenoxy) is 1. The fraction of sp³-hybridized carbons (Fsp3) is 0.176. The first-order valence-electron chi connectivity index (χ1n) is 6.86. The first-order valence-corrected chi connectivity index (χ1v) is 6.86. The van der Waals surface area contributed by atoms with Gasteiger partial charge in [0.2, 0.25) is 0 Å². The van der Waals surface area contributed by atoms with Gasteiger partial charge in [-0.15, -0.1) is 10.2 Å². The van der Waals surface area contributed by atoms with E-state index < -0.39 is 0 Å². The molecule has 0 N–H and O–H groups in total. The molecule has 106 valence electrons. The summed E-state index contributed by atoms with van der Waals surface area (Å²) in [5.41, 5.74) is 3.34. The molecule has 0 bridgehead atoms. The van der Waals surface area contributed by atoms with E-state index in [1.807, 2.05) is 34.9 Å². The quantitative estimate of drug-likeness (QED) is 0.736. The van der Waals surface area contributed by atoms with Crippen LogP contribution < -0.4 is 4.74 Å². The summed E-state index contributed by atoms with van der Waals surface area (Å²) in [5, 5.41) is 8.31. The molecule has 4 nitrogen and oxygen atoms in total. The van der Waals surface area contributed by atoms with Crippen LogP contribution in [0.2, 0.25) is 0 Å². The van der Waals surface area contributed by atoms with E-state index in [-0.39, 0.29) is 0 Å². The van der Waals surface area contributed by atoms with Crippen LogP contribution in [0.15, 0.2) is 54.9 Å². The molecule has 1 aromatic heterocycles. The lowest BCUT2D eigenvalue weighted by Gasteiger charge is -2.12. The van der Waals surface area contributed by atoms with Gasteiger partial charge in [0.05, 0.1) is 12.8 Å². The molecule has 4 heteroatoms. The van der Waals surface area contributed by atoms with Crippen molar-refractivity contribution >= 4 is 0 Å². The van der Waals surface area contributed by atoms with E-state index in [0.717, 1.165) is 23.7 Å². The van der Waals surface area contributed by atoms with Crippen molar-refractivity contribution in [2.45, 2.75) is 13.3 Å². The third-order valence-corrected chi connectivity index (χ3v) is 3.42. The molecule has 0 aliphatic carbocycles. The lowest BCUT2D eigenvalue weighted by atomic mass is 10.1. The van der Waals surface area contributed by atoms with Crippen LogP contribution in [0.5, 0.6) is 5.75 Å². The Hall–Kier alpha value is -2.62. The van der Waals surface area contributed by atoms with Crippen LogP contribution in [0.1, 0.15) is 17.0 Å². The number of benzene rings is 2. The SMILES string of the molecule is COc1ccc(C)cc1-n1cnnc1Cc1ccccc1. The van der Waals surface area contributed by atoms with E-state index in [9.17, 15) is 0 Å². The zero-order valence-corrected chi connectivity index (χ0v) is 12.2. The van der Waals surface area contributed by atoms with Crippen molar-refractivity contribution in [3.63, 3.8) is 0 Å². The van der Waals surface area contributed by atoms with Crippen LogP contribution in [0.4, 0.5) is 0 Å². The van der Waals surface area contributed by atoms with Crippen LogP contribution in [0.3, 0.4) is 0 Å². The van der Waals surface area contributed by atoms with Crippen LogP contribution in [-0.2, 0) is 6.42 Å². The second-order valence-corrected chi connectivity index (χ2v) is 4.95. The average Bonchev–Trinajstić information content (AvgIpc) is 2.96. The molecule has 0 atom stereocenters. The Kier molecular flexibility index (Phi) is 3.69. The van der Waals surface area contributed by atoms with Gasteiger partial charge in [-0.25, -0.2) is 0 Å². The van der Waals surface area contributed by atoms with Crippen molar-refractivity contribution in [1.29, 1.82) is 0 Å². The highest BCUT2D eigenvalue weighted by Crippen LogP contribution is 2.25. The molecule has 0 saturated heterocycles. The molecule has 0 aliphatic rings. The summed E-state index contributed by atoms with van der Waals surface area (Å²) in [7, 11) is 1.68. The molecule has 0 spiro atoms. The Labute approximate surface area is 124 Å². The molecule has 0 amide bonds. The van der Waals surface area contributed by atoms with Gasteiger partial charge in [0.1, 0.15) is 17.9 Å². The highest BCUT2D eigenvalue weighted by molar-refractivity contribution is 5.49. The number of nitrogens with zero attached hydrogens (tertiary/aromatic N) is 3. The topological polar surface area (TPSA) is 39.9 Å². The van der Waals surface area contributed by atoms with Crippen LogP contribution in [0, 0.1) is 6.92 Å². The highest BCUT2D eigenvalue weighted by atomic mass is 16.5. The maximum atomic E-state index is 5.45. The second kappa shape index (κ2) is 5.79. The highest BCUT2D eigenvalue weighted by Gasteiger charge is 2.11. The fourth-order valence-electron chi connectivity index (χ4n) is 2.35. The van der Waals surface area contributed by atoms with Gasteiger partial charge in [-0.2, -0.15) is 0 Å². The smallest absolute Gasteiger partial charge is 0.142 e. The van der Waals surface area contributed by atoms with E-state index >= 15 is 0 Å². The minimum Gasteiger partial charge on any atom is -0.495 e. The Morgan fingerprint density at radius 3 is 2.67 bits per heavy atom. The molecule has 3 aromatic rings. The van der Waals surface area contributed by atoms with Gasteiger partial charge in [0, 0.05) is 6.42 Å². The van der Waals surface area contributed by atoms with Gasteiger partial charge in [0.15, 0.2) is 0 Å². The second-order valence-electron chi connectivity index (χ2n) is 4.95. The van der Waals surface area contributed by atoms with E-state index in [4.69, 9.17) is 4.74 Å². The van der Waals surface area contributed by atoms with Crippen molar-refractivity contribution in [3.8, 4) is 11.4 Å². The zero-order chi connectivity index (χ0) is 14.7. The van der Waals surface area contributed by atoms with Crippen molar-refractivity contribution < 1.29 is 4.74 Å². The summed E-state index contributed by atoms with van der Waals surface area (Å²) in [6.07, 6.45) is 2.47. The van der Waals surface area contributed by atoms with Crippen molar-refractivity contribution in [2.75, 3.05) is 7.11 Å². The Morgan fingerprint density at radius 1 is 1.10 bits per heavy atom. The largest absolute Gasteiger partial charge is 0.495 e. The monoisotopic (exact) mass is 279 g/mol. The first-order chi connectivity index (χ1) is 10.3. The van der Waals surface area contributed by atoms with E-state index in [2.05, 4.69) is 35.3 Å². The first kappa shape index (κ1) is 13.4. The molecule has 0 unspecified atom stereocenters. The molecule has 0 radical (unpaired) electrons. The summed E-state index contributed by atoms with van der Waals surface area (Å²) in [5.74, 6) is 1.71. The molecule has 0 fully saturated rings. The third kappa shape index (κ3) is 2.79. The van der Waals surface area contributed by atoms with E-state index in [1.165, 1.54) is 11.1 Å². The maximum Gasteiger partial charge on any atom is 0.142 e. The summed E-state index contributed by atoms with van der Waals surface area (Å²) in [6, 6.07) is 16.3. The number of methoxy groups -OCH3 is 1. The van der Waals surface area contributed by atoms with Crippen LogP contribution in [-0.4, -0.2) is 21.9 Å². The van der Waals surface area contributed by atoms with Gasteiger partial charge >= 0.3 is 0 Å². The van der Waals surface area contributed by atoms with Crippen LogP contribution >= 0.6 is 0 Å². The van der Waals surface area contributed by atoms with Crippen LogP contribution in [0.25, 0.3) is 5.69 Å². The number of rotatable bonds is 4. The standard InChI is InChI=1S/C17H17N3O/c1-13-8-9-16(21-2)15(10-13)20-12-18-19-17(20)11-14-6-4-3-5-7-14/h3-10,12H,11H2,1-2H3. The number of aromatic nitrogens is 3. The summed E-state index contributed by atoms with van der Waals surface area (Å²) >= 11 is 0. The van der Waals surface area contributed by atoms with Gasteiger partial charge < -0.3 is 4.74 Å². The number of hydrogen-bond donors (Lipinski definition) is 0. The van der Waals surface area contributed by atoms with Crippen molar-refractivity contribution in [3.05, 3.63) is 71.8 Å². The van der Waals surface area contributed by atoms with Gasteiger partial charge in [0.25, 0.3) is 0 Å². The lowest BCUT2D eigenvalue weighted by Crippen LogP contribution is -2.04. The van der Waals surface area contributed by atoms with E-state index in [1.54, 1.807) is 13.4 Å². The lowest BCUT2D eigenvalue weighted by molar-refractivity contribution is 0.412. The molecular formula is C17H17N3O. The Balaban J connectivity index is 2.01. The predicted octanol–water partition coefficient (Wildman–Crippen LogP) is 3.18. The zero-order valence-electron chi connectivity index (χ0n) is 12.2. The molecular weight excluding hydrogens is 262 g/mol. The molecule has 2 aromatic carbocycles. The van der Waals surface area contributed by atoms with Gasteiger partial charge in [-0.05, 0) is 30.2 Å². The Morgan fingerprint density at radius 2 is 1.90 bits per heavy atom. The van der Waals surface area contributed by atoms with E-state index in [0.29, 0.717) is 0 Å². The average molecular weight is 279 g/mol. The minimum absolute atomic E-state index is 0.734. The summed E-state index contributed by atoms with van der Waals surface area (Å²) in [6.45, 7) is 2.06. The minimum atomic E-state index is 0.734. The molecule has 1 heterocycles. The normalized spacial score (nSPS) is 10.6. The molecule has 0 aliphatic heterocycles. The van der Waals surface area contributed by atoms with Gasteiger partial charge in [-0.3, -0.25) is 4.57 Å².